The second kappa shape index (κ2) is 7.69. The van der Waals surface area contributed by atoms with Gasteiger partial charge >= 0.3 is 0 Å². The van der Waals surface area contributed by atoms with Gasteiger partial charge in [-0.25, -0.2) is 13.1 Å². The number of rotatable bonds is 6. The smallest absolute Gasteiger partial charge is 0.255 e. The minimum atomic E-state index is -3.75. The number of para-hydroxylation sites is 2. The third-order valence-electron chi connectivity index (χ3n) is 3.58. The van der Waals surface area contributed by atoms with Gasteiger partial charge in [-0.05, 0) is 41.8 Å². The highest BCUT2D eigenvalue weighted by atomic mass is 32.2. The first-order chi connectivity index (χ1) is 12.5. The highest BCUT2D eigenvalue weighted by molar-refractivity contribution is 7.89. The van der Waals surface area contributed by atoms with Crippen molar-refractivity contribution in [2.24, 2.45) is 0 Å². The summed E-state index contributed by atoms with van der Waals surface area (Å²) in [5.74, 6) is -0.580. The number of amides is 1. The number of hydrogen-bond acceptors (Lipinski definition) is 5. The molecule has 2 aromatic carbocycles. The fourth-order valence-electron chi connectivity index (χ4n) is 2.24. The summed E-state index contributed by atoms with van der Waals surface area (Å²) >= 11 is 1.45. The van der Waals surface area contributed by atoms with Gasteiger partial charge in [0.1, 0.15) is 5.75 Å². The van der Waals surface area contributed by atoms with Crippen LogP contribution in [0.1, 0.15) is 15.2 Å². The van der Waals surface area contributed by atoms with E-state index in [1.165, 1.54) is 41.7 Å². The van der Waals surface area contributed by atoms with Crippen molar-refractivity contribution < 1.29 is 18.3 Å². The van der Waals surface area contributed by atoms with Crippen molar-refractivity contribution in [3.63, 3.8) is 0 Å². The largest absolute Gasteiger partial charge is 0.506 e. The number of benzene rings is 2. The molecule has 26 heavy (non-hydrogen) atoms. The zero-order valence-electron chi connectivity index (χ0n) is 13.5. The van der Waals surface area contributed by atoms with Crippen molar-refractivity contribution in [3.8, 4) is 5.75 Å². The van der Waals surface area contributed by atoms with Crippen LogP contribution in [0.5, 0.6) is 5.75 Å². The second-order valence-corrected chi connectivity index (χ2v) is 8.20. The minimum absolute atomic E-state index is 0.000935. The van der Waals surface area contributed by atoms with Crippen LogP contribution in [0.4, 0.5) is 5.69 Å². The van der Waals surface area contributed by atoms with Crippen LogP contribution in [0.25, 0.3) is 0 Å². The van der Waals surface area contributed by atoms with E-state index in [4.69, 9.17) is 0 Å². The van der Waals surface area contributed by atoms with Gasteiger partial charge in [-0.1, -0.05) is 24.3 Å². The lowest BCUT2D eigenvalue weighted by Gasteiger charge is -2.09. The Hall–Kier alpha value is -2.68. The second-order valence-electron chi connectivity index (χ2n) is 5.40. The van der Waals surface area contributed by atoms with Crippen LogP contribution < -0.4 is 10.0 Å². The molecule has 6 nitrogen and oxygen atoms in total. The molecule has 0 unspecified atom stereocenters. The maximum absolute atomic E-state index is 12.4. The Morgan fingerprint density at radius 2 is 1.85 bits per heavy atom. The molecular weight excluding hydrogens is 372 g/mol. The standard InChI is InChI=1S/C18H16N2O4S2/c21-17-9-2-1-8-16(17)20-18(22)13-5-3-7-15(11-13)26(23,24)19-12-14-6-4-10-25-14/h1-11,19,21H,12H2,(H,20,22). The minimum Gasteiger partial charge on any atom is -0.506 e. The number of carbonyl (C=O) groups excluding carboxylic acids is 1. The van der Waals surface area contributed by atoms with Gasteiger partial charge in [0.2, 0.25) is 10.0 Å². The van der Waals surface area contributed by atoms with E-state index >= 15 is 0 Å². The predicted octanol–water partition coefficient (Wildman–Crippen LogP) is 3.18. The molecular formula is C18H16N2O4S2. The molecule has 0 saturated carbocycles. The number of thiophene rings is 1. The lowest BCUT2D eigenvalue weighted by Crippen LogP contribution is -2.23. The maximum Gasteiger partial charge on any atom is 0.255 e. The first-order valence-electron chi connectivity index (χ1n) is 7.67. The van der Waals surface area contributed by atoms with E-state index in [-0.39, 0.29) is 28.4 Å². The Morgan fingerprint density at radius 1 is 1.04 bits per heavy atom. The third kappa shape index (κ3) is 4.29. The zero-order chi connectivity index (χ0) is 18.6. The Bertz CT molecular complexity index is 1020. The van der Waals surface area contributed by atoms with Crippen LogP contribution in [-0.4, -0.2) is 19.4 Å². The highest BCUT2D eigenvalue weighted by Gasteiger charge is 2.17. The number of anilines is 1. The third-order valence-corrected chi connectivity index (χ3v) is 5.85. The monoisotopic (exact) mass is 388 g/mol. The molecule has 134 valence electrons. The summed E-state index contributed by atoms with van der Waals surface area (Å²) in [5, 5.41) is 14.2. The van der Waals surface area contributed by atoms with E-state index in [1.54, 1.807) is 18.2 Å². The molecule has 0 aliphatic rings. The number of phenolic OH excluding ortho intramolecular Hbond substituents is 1. The molecule has 3 aromatic rings. The van der Waals surface area contributed by atoms with Crippen molar-refractivity contribution in [3.05, 3.63) is 76.5 Å². The van der Waals surface area contributed by atoms with Crippen LogP contribution in [0.15, 0.2) is 70.9 Å². The number of hydrogen-bond donors (Lipinski definition) is 3. The summed E-state index contributed by atoms with van der Waals surface area (Å²) in [6, 6.07) is 15.7. The molecule has 3 rings (SSSR count). The fraction of sp³-hybridized carbons (Fsp3) is 0.0556. The van der Waals surface area contributed by atoms with E-state index in [2.05, 4.69) is 10.0 Å². The van der Waals surface area contributed by atoms with Crippen molar-refractivity contribution in [1.82, 2.24) is 4.72 Å². The normalized spacial score (nSPS) is 11.2. The zero-order valence-corrected chi connectivity index (χ0v) is 15.2. The Kier molecular flexibility index (Phi) is 5.36. The highest BCUT2D eigenvalue weighted by Crippen LogP contribution is 2.22. The average molecular weight is 388 g/mol. The average Bonchev–Trinajstić information content (AvgIpc) is 3.16. The SMILES string of the molecule is O=C(Nc1ccccc1O)c1cccc(S(=O)(=O)NCc2cccs2)c1. The quantitative estimate of drug-likeness (QED) is 0.565. The molecule has 0 fully saturated rings. The molecule has 0 bridgehead atoms. The Labute approximate surface area is 155 Å². The van der Waals surface area contributed by atoms with Crippen molar-refractivity contribution in [2.75, 3.05) is 5.32 Å². The summed E-state index contributed by atoms with van der Waals surface area (Å²) in [6.45, 7) is 0.189. The Balaban J connectivity index is 1.76. The van der Waals surface area contributed by atoms with Gasteiger partial charge in [-0.15, -0.1) is 11.3 Å². The number of carbonyl (C=O) groups is 1. The molecule has 0 atom stereocenters. The topological polar surface area (TPSA) is 95.5 Å². The van der Waals surface area contributed by atoms with Crippen LogP contribution in [-0.2, 0) is 16.6 Å². The summed E-state index contributed by atoms with van der Waals surface area (Å²) in [6.07, 6.45) is 0. The fourth-order valence-corrected chi connectivity index (χ4v) is 4.03. The first kappa shape index (κ1) is 18.1. The van der Waals surface area contributed by atoms with Crippen LogP contribution >= 0.6 is 11.3 Å². The summed E-state index contributed by atoms with van der Waals surface area (Å²) in [7, 11) is -3.75. The number of sulfonamides is 1. The summed E-state index contributed by atoms with van der Waals surface area (Å²) < 4.78 is 27.4. The molecule has 1 aromatic heterocycles. The predicted molar refractivity (Wildman–Crippen MR) is 101 cm³/mol. The molecule has 0 aliphatic heterocycles. The van der Waals surface area contributed by atoms with Crippen LogP contribution in [0.3, 0.4) is 0 Å². The molecule has 1 heterocycles. The van der Waals surface area contributed by atoms with Crippen molar-refractivity contribution in [2.45, 2.75) is 11.4 Å². The molecule has 3 N–H and O–H groups in total. The lowest BCUT2D eigenvalue weighted by molar-refractivity contribution is 0.102. The lowest BCUT2D eigenvalue weighted by atomic mass is 10.2. The summed E-state index contributed by atoms with van der Waals surface area (Å²) in [5.41, 5.74) is 0.425. The molecule has 0 radical (unpaired) electrons. The molecule has 0 aliphatic carbocycles. The van der Waals surface area contributed by atoms with Gasteiger partial charge in [0.05, 0.1) is 10.6 Å². The van der Waals surface area contributed by atoms with E-state index in [0.29, 0.717) is 0 Å². The van der Waals surface area contributed by atoms with Gasteiger partial charge < -0.3 is 10.4 Å². The van der Waals surface area contributed by atoms with E-state index in [9.17, 15) is 18.3 Å². The van der Waals surface area contributed by atoms with Gasteiger partial charge in [-0.2, -0.15) is 0 Å². The number of aromatic hydroxyl groups is 1. The number of phenols is 1. The molecule has 8 heteroatoms. The van der Waals surface area contributed by atoms with Gasteiger partial charge in [0.15, 0.2) is 0 Å². The van der Waals surface area contributed by atoms with Crippen LogP contribution in [0.2, 0.25) is 0 Å². The Morgan fingerprint density at radius 3 is 2.58 bits per heavy atom. The molecule has 1 amide bonds. The summed E-state index contributed by atoms with van der Waals surface area (Å²) in [4.78, 5) is 13.2. The van der Waals surface area contributed by atoms with Crippen molar-refractivity contribution >= 4 is 33.0 Å². The number of nitrogens with one attached hydrogen (secondary N) is 2. The van der Waals surface area contributed by atoms with E-state index < -0.39 is 15.9 Å². The van der Waals surface area contributed by atoms with Crippen LogP contribution in [0, 0.1) is 0 Å². The van der Waals surface area contributed by atoms with E-state index in [1.807, 2.05) is 17.5 Å². The molecule has 0 spiro atoms. The first-order valence-corrected chi connectivity index (χ1v) is 10.0. The van der Waals surface area contributed by atoms with Gasteiger partial charge in [-0.3, -0.25) is 4.79 Å². The maximum atomic E-state index is 12.4. The van der Waals surface area contributed by atoms with Crippen molar-refractivity contribution in [1.29, 1.82) is 0 Å². The van der Waals surface area contributed by atoms with E-state index in [0.717, 1.165) is 4.88 Å². The van der Waals surface area contributed by atoms with Gasteiger partial charge in [0.25, 0.3) is 5.91 Å². The van der Waals surface area contributed by atoms with Gasteiger partial charge in [0, 0.05) is 17.0 Å². The molecule has 0 saturated heterocycles.